The molecule has 6 rings (SSSR count). The average Bonchev–Trinajstić information content (AvgIpc) is 3.54. The topological polar surface area (TPSA) is 107 Å². The van der Waals surface area contributed by atoms with Crippen molar-refractivity contribution in [1.29, 1.82) is 0 Å². The fourth-order valence-corrected chi connectivity index (χ4v) is 6.36. The summed E-state index contributed by atoms with van der Waals surface area (Å²) in [5.41, 5.74) is 1.40. The van der Waals surface area contributed by atoms with Crippen LogP contribution in [-0.4, -0.2) is 48.2 Å². The summed E-state index contributed by atoms with van der Waals surface area (Å²) < 4.78 is 23.9. The molecule has 11 heteroatoms. The Balaban J connectivity index is 1.51. The summed E-state index contributed by atoms with van der Waals surface area (Å²) in [5, 5.41) is 12.5. The van der Waals surface area contributed by atoms with Gasteiger partial charge in [0, 0.05) is 10.6 Å². The number of aliphatic hydroxyl groups excluding tert-OH is 1. The van der Waals surface area contributed by atoms with Crippen molar-refractivity contribution >= 4 is 55.7 Å². The van der Waals surface area contributed by atoms with Crippen molar-refractivity contribution in [2.24, 2.45) is 0 Å². The van der Waals surface area contributed by atoms with E-state index in [1.54, 1.807) is 54.6 Å². The molecule has 1 fully saturated rings. The maximum atomic E-state index is 13.7. The van der Waals surface area contributed by atoms with Crippen molar-refractivity contribution in [2.45, 2.75) is 32.7 Å². The van der Waals surface area contributed by atoms with E-state index in [4.69, 9.17) is 30.5 Å². The van der Waals surface area contributed by atoms with E-state index in [1.165, 1.54) is 16.2 Å². The Kier molecular flexibility index (Phi) is 8.14. The second kappa shape index (κ2) is 12.1. The van der Waals surface area contributed by atoms with E-state index in [-0.39, 0.29) is 11.3 Å². The molecule has 4 aromatic rings. The molecule has 1 saturated heterocycles. The molecule has 0 saturated carbocycles. The van der Waals surface area contributed by atoms with Crippen LogP contribution in [-0.2, 0) is 9.59 Å². The molecule has 1 atom stereocenters. The first-order chi connectivity index (χ1) is 20.9. The van der Waals surface area contributed by atoms with Gasteiger partial charge in [-0.15, -0.1) is 0 Å². The van der Waals surface area contributed by atoms with Gasteiger partial charge in [0.25, 0.3) is 5.78 Å². The number of carbonyl (C=O) groups excluding carboxylic acids is 2. The van der Waals surface area contributed by atoms with Gasteiger partial charge >= 0.3 is 5.91 Å². The quantitative estimate of drug-likeness (QED) is 0.0929. The van der Waals surface area contributed by atoms with Gasteiger partial charge in [-0.1, -0.05) is 42.3 Å². The Morgan fingerprint density at radius 3 is 2.63 bits per heavy atom. The van der Waals surface area contributed by atoms with E-state index < -0.39 is 17.7 Å². The van der Waals surface area contributed by atoms with Crippen LogP contribution in [0.2, 0.25) is 5.02 Å². The number of halogens is 1. The number of ether oxygens (including phenoxy) is 4. The van der Waals surface area contributed by atoms with Crippen molar-refractivity contribution in [3.05, 3.63) is 76.3 Å². The summed E-state index contributed by atoms with van der Waals surface area (Å²) in [6.45, 7) is 5.61. The summed E-state index contributed by atoms with van der Waals surface area (Å²) in [6, 6.07) is 14.4. The van der Waals surface area contributed by atoms with E-state index in [2.05, 4.69) is 11.9 Å². The zero-order chi connectivity index (χ0) is 30.1. The van der Waals surface area contributed by atoms with Crippen LogP contribution < -0.4 is 23.8 Å². The summed E-state index contributed by atoms with van der Waals surface area (Å²) in [5.74, 6) is 0.0125. The van der Waals surface area contributed by atoms with Crippen molar-refractivity contribution in [2.75, 3.05) is 31.3 Å². The number of aromatic nitrogens is 1. The lowest BCUT2D eigenvalue weighted by atomic mass is 9.95. The van der Waals surface area contributed by atoms with Gasteiger partial charge in [0.05, 0.1) is 35.0 Å². The van der Waals surface area contributed by atoms with Gasteiger partial charge in [-0.2, -0.15) is 0 Å². The van der Waals surface area contributed by atoms with Crippen molar-refractivity contribution in [3.8, 4) is 23.0 Å². The first-order valence-corrected chi connectivity index (χ1v) is 15.3. The maximum Gasteiger partial charge on any atom is 0.301 e. The van der Waals surface area contributed by atoms with Gasteiger partial charge in [0.15, 0.2) is 28.1 Å². The summed E-state index contributed by atoms with van der Waals surface area (Å²) in [6.07, 6.45) is 1.86. The summed E-state index contributed by atoms with van der Waals surface area (Å²) in [4.78, 5) is 33.5. The van der Waals surface area contributed by atoms with Gasteiger partial charge < -0.3 is 24.1 Å². The monoisotopic (exact) mass is 620 g/mol. The minimum absolute atomic E-state index is 0.0823. The molecule has 2 aliphatic rings. The van der Waals surface area contributed by atoms with Gasteiger partial charge in [0.1, 0.15) is 19.0 Å². The van der Waals surface area contributed by atoms with Gasteiger partial charge in [0.2, 0.25) is 0 Å². The molecule has 1 unspecified atom stereocenters. The molecule has 222 valence electrons. The van der Waals surface area contributed by atoms with Crippen molar-refractivity contribution < 1.29 is 33.6 Å². The van der Waals surface area contributed by atoms with E-state index in [9.17, 15) is 14.7 Å². The van der Waals surface area contributed by atoms with E-state index >= 15 is 0 Å². The normalized spacial score (nSPS) is 17.5. The number of amides is 1. The number of rotatable bonds is 9. The minimum Gasteiger partial charge on any atom is -0.507 e. The Labute approximate surface area is 257 Å². The van der Waals surface area contributed by atoms with Crippen LogP contribution in [0.5, 0.6) is 23.0 Å². The largest absolute Gasteiger partial charge is 0.507 e. The first kappa shape index (κ1) is 28.8. The van der Waals surface area contributed by atoms with Crippen LogP contribution in [0, 0.1) is 0 Å². The average molecular weight is 621 g/mol. The van der Waals surface area contributed by atoms with Crippen LogP contribution in [0.1, 0.15) is 43.9 Å². The number of thiazole rings is 1. The zero-order valence-corrected chi connectivity index (χ0v) is 25.2. The molecule has 1 aromatic heterocycles. The van der Waals surface area contributed by atoms with Crippen molar-refractivity contribution in [1.82, 2.24) is 4.98 Å². The molecule has 0 aliphatic carbocycles. The Bertz CT molecular complexity index is 1750. The molecule has 0 radical (unpaired) electrons. The van der Waals surface area contributed by atoms with Crippen molar-refractivity contribution in [3.63, 3.8) is 0 Å². The number of fused-ring (bicyclic) bond motifs is 2. The highest BCUT2D eigenvalue weighted by Gasteiger charge is 2.48. The Morgan fingerprint density at radius 2 is 1.84 bits per heavy atom. The second-order valence-electron chi connectivity index (χ2n) is 9.98. The minimum atomic E-state index is -1.01. The third-order valence-electron chi connectivity index (χ3n) is 7.14. The summed E-state index contributed by atoms with van der Waals surface area (Å²) in [7, 11) is 0. The number of hydrogen-bond donors (Lipinski definition) is 1. The number of aliphatic hydroxyl groups is 1. The van der Waals surface area contributed by atoms with E-state index in [1.807, 2.05) is 6.92 Å². The van der Waals surface area contributed by atoms with E-state index in [0.717, 1.165) is 17.5 Å². The molecule has 1 amide bonds. The molecular formula is C32H29ClN2O7S. The lowest BCUT2D eigenvalue weighted by Gasteiger charge is -2.24. The predicted octanol–water partition coefficient (Wildman–Crippen LogP) is 6.92. The number of unbranched alkanes of at least 4 members (excludes halogenated alkanes) is 1. The highest BCUT2D eigenvalue weighted by atomic mass is 35.5. The number of carbonyl (C=O) groups is 2. The molecule has 3 heterocycles. The van der Waals surface area contributed by atoms with Crippen LogP contribution in [0.3, 0.4) is 0 Å². The highest BCUT2D eigenvalue weighted by Crippen LogP contribution is 2.46. The fraction of sp³-hybridized carbons (Fsp3) is 0.281. The van der Waals surface area contributed by atoms with Gasteiger partial charge in [-0.25, -0.2) is 4.98 Å². The van der Waals surface area contributed by atoms with Gasteiger partial charge in [-0.3, -0.25) is 14.5 Å². The van der Waals surface area contributed by atoms with Gasteiger partial charge in [-0.05, 0) is 67.4 Å². The molecule has 1 N–H and O–H groups in total. The second-order valence-corrected chi connectivity index (χ2v) is 11.4. The van der Waals surface area contributed by atoms with Crippen LogP contribution >= 0.6 is 22.9 Å². The SMILES string of the molecule is CCCCOc1ccc(C2/C(=C(/O)c3ccc4c(c3)OCCO4)C(=O)C(=O)N2c2nc3ccc(Cl)cc3s2)cc1OCC. The Morgan fingerprint density at radius 1 is 1.02 bits per heavy atom. The van der Waals surface area contributed by atoms with Crippen LogP contribution in [0.25, 0.3) is 16.0 Å². The van der Waals surface area contributed by atoms with Crippen LogP contribution in [0.15, 0.2) is 60.2 Å². The Hall–Kier alpha value is -4.28. The first-order valence-electron chi connectivity index (χ1n) is 14.1. The molecule has 0 spiro atoms. The number of benzene rings is 3. The third kappa shape index (κ3) is 5.48. The lowest BCUT2D eigenvalue weighted by molar-refractivity contribution is -0.132. The standard InChI is InChI=1S/C32H29ClN2O7S/c1-3-5-12-40-22-10-6-18(15-24(22)39-4-2)28-27(29(36)19-7-11-23-25(16-19)42-14-13-41-23)30(37)31(38)35(28)32-34-21-9-8-20(33)17-26(21)43-32/h6-11,15-17,28,36H,3-5,12-14H2,1-2H3/b29-27-. The van der Waals surface area contributed by atoms with E-state index in [0.29, 0.717) is 76.2 Å². The maximum absolute atomic E-state index is 13.7. The third-order valence-corrected chi connectivity index (χ3v) is 8.40. The summed E-state index contributed by atoms with van der Waals surface area (Å²) >= 11 is 7.45. The number of Topliss-reactive ketones (excluding diaryl/α,β-unsaturated/α-hetero) is 1. The van der Waals surface area contributed by atoms with Crippen LogP contribution in [0.4, 0.5) is 5.13 Å². The molecule has 3 aromatic carbocycles. The molecule has 0 bridgehead atoms. The predicted molar refractivity (Wildman–Crippen MR) is 165 cm³/mol. The molecular weight excluding hydrogens is 592 g/mol. The number of hydrogen-bond acceptors (Lipinski definition) is 9. The number of nitrogens with zero attached hydrogens (tertiary/aromatic N) is 2. The number of ketones is 1. The highest BCUT2D eigenvalue weighted by molar-refractivity contribution is 7.22. The molecule has 43 heavy (non-hydrogen) atoms. The molecule has 9 nitrogen and oxygen atoms in total. The molecule has 2 aliphatic heterocycles. The lowest BCUT2D eigenvalue weighted by Crippen LogP contribution is -2.29. The zero-order valence-electron chi connectivity index (χ0n) is 23.6. The smallest absolute Gasteiger partial charge is 0.301 e. The fourth-order valence-electron chi connectivity index (χ4n) is 5.09. The number of anilines is 1.